The van der Waals surface area contributed by atoms with Gasteiger partial charge >= 0.3 is 6.01 Å². The molecule has 1 heterocycles. The number of rotatable bonds is 6. The molecule has 0 unspecified atom stereocenters. The van der Waals surface area contributed by atoms with Gasteiger partial charge in [0.25, 0.3) is 0 Å². The first-order valence-electron chi connectivity index (χ1n) is 4.59. The van der Waals surface area contributed by atoms with Crippen LogP contribution in [0.4, 0.5) is 0 Å². The van der Waals surface area contributed by atoms with Crippen LogP contribution < -0.4 is 9.47 Å². The van der Waals surface area contributed by atoms with Crippen LogP contribution in [0.2, 0.25) is 0 Å². The SMILES string of the molecule is C=CCOc1ncc(C)c(OCC=C)n1. The van der Waals surface area contributed by atoms with E-state index in [2.05, 4.69) is 23.1 Å². The predicted molar refractivity (Wildman–Crippen MR) is 58.2 cm³/mol. The molecule has 0 N–H and O–H groups in total. The lowest BCUT2D eigenvalue weighted by Crippen LogP contribution is -2.03. The molecule has 0 atom stereocenters. The highest BCUT2D eigenvalue weighted by molar-refractivity contribution is 5.23. The summed E-state index contributed by atoms with van der Waals surface area (Å²) in [4.78, 5) is 8.09. The second-order valence-corrected chi connectivity index (χ2v) is 2.84. The van der Waals surface area contributed by atoms with E-state index in [9.17, 15) is 0 Å². The fourth-order valence-corrected chi connectivity index (χ4v) is 0.898. The largest absolute Gasteiger partial charge is 0.473 e. The van der Waals surface area contributed by atoms with Crippen LogP contribution in [0.3, 0.4) is 0 Å². The molecular formula is C11H14N2O2. The van der Waals surface area contributed by atoms with E-state index in [0.717, 1.165) is 5.56 Å². The van der Waals surface area contributed by atoms with Gasteiger partial charge in [-0.1, -0.05) is 25.3 Å². The average molecular weight is 206 g/mol. The van der Waals surface area contributed by atoms with Crippen LogP contribution in [0.15, 0.2) is 31.5 Å². The molecule has 0 saturated heterocycles. The quantitative estimate of drug-likeness (QED) is 0.667. The Labute approximate surface area is 89.3 Å². The van der Waals surface area contributed by atoms with E-state index in [0.29, 0.717) is 25.1 Å². The zero-order valence-corrected chi connectivity index (χ0v) is 8.77. The molecule has 0 fully saturated rings. The summed E-state index contributed by atoms with van der Waals surface area (Å²) in [6.45, 7) is 9.77. The molecule has 1 aromatic heterocycles. The maximum absolute atomic E-state index is 5.33. The van der Waals surface area contributed by atoms with E-state index in [1.54, 1.807) is 18.3 Å². The summed E-state index contributed by atoms with van der Waals surface area (Å²) >= 11 is 0. The topological polar surface area (TPSA) is 44.2 Å². The van der Waals surface area contributed by atoms with Crippen LogP contribution in [-0.4, -0.2) is 23.2 Å². The lowest BCUT2D eigenvalue weighted by molar-refractivity contribution is 0.306. The van der Waals surface area contributed by atoms with E-state index in [1.165, 1.54) is 0 Å². The van der Waals surface area contributed by atoms with Crippen LogP contribution in [0.25, 0.3) is 0 Å². The van der Waals surface area contributed by atoms with Crippen LogP contribution in [0.1, 0.15) is 5.56 Å². The second-order valence-electron chi connectivity index (χ2n) is 2.84. The maximum atomic E-state index is 5.33. The van der Waals surface area contributed by atoms with Crippen molar-refractivity contribution in [2.45, 2.75) is 6.92 Å². The fourth-order valence-electron chi connectivity index (χ4n) is 0.898. The smallest absolute Gasteiger partial charge is 0.320 e. The molecule has 4 heteroatoms. The molecule has 0 spiro atoms. The normalized spacial score (nSPS) is 9.40. The number of hydrogen-bond donors (Lipinski definition) is 0. The molecule has 1 rings (SSSR count). The molecule has 15 heavy (non-hydrogen) atoms. The molecule has 0 aliphatic rings. The van der Waals surface area contributed by atoms with Crippen LogP contribution in [0.5, 0.6) is 11.9 Å². The van der Waals surface area contributed by atoms with Crippen molar-refractivity contribution in [3.63, 3.8) is 0 Å². The standard InChI is InChI=1S/C11H14N2O2/c1-4-6-14-10-9(3)8-12-11(13-10)15-7-5-2/h4-5,8H,1-2,6-7H2,3H3. The average Bonchev–Trinajstić information content (AvgIpc) is 2.26. The van der Waals surface area contributed by atoms with Gasteiger partial charge in [0.1, 0.15) is 13.2 Å². The van der Waals surface area contributed by atoms with Gasteiger partial charge in [-0.2, -0.15) is 4.98 Å². The molecule has 0 saturated carbocycles. The summed E-state index contributed by atoms with van der Waals surface area (Å²) in [6.07, 6.45) is 4.95. The summed E-state index contributed by atoms with van der Waals surface area (Å²) in [5, 5.41) is 0. The second kappa shape index (κ2) is 5.80. The summed E-state index contributed by atoms with van der Waals surface area (Å²) in [5.74, 6) is 0.518. The van der Waals surface area contributed by atoms with Crippen molar-refractivity contribution in [3.05, 3.63) is 37.1 Å². The number of hydrogen-bond acceptors (Lipinski definition) is 4. The lowest BCUT2D eigenvalue weighted by atomic mass is 10.4. The van der Waals surface area contributed by atoms with Gasteiger partial charge in [-0.25, -0.2) is 4.98 Å². The van der Waals surface area contributed by atoms with E-state index < -0.39 is 0 Å². The third-order valence-electron chi connectivity index (χ3n) is 1.57. The number of ether oxygens (including phenoxy) is 2. The van der Waals surface area contributed by atoms with Gasteiger partial charge in [-0.05, 0) is 6.92 Å². The Hall–Kier alpha value is -1.84. The van der Waals surface area contributed by atoms with Gasteiger partial charge in [-0.15, -0.1) is 0 Å². The number of nitrogens with zero attached hydrogens (tertiary/aromatic N) is 2. The van der Waals surface area contributed by atoms with Crippen LogP contribution >= 0.6 is 0 Å². The molecule has 0 aromatic carbocycles. The van der Waals surface area contributed by atoms with Crippen molar-refractivity contribution >= 4 is 0 Å². The van der Waals surface area contributed by atoms with Gasteiger partial charge in [0.15, 0.2) is 0 Å². The Balaban J connectivity index is 2.74. The van der Waals surface area contributed by atoms with Gasteiger partial charge in [0, 0.05) is 11.8 Å². The zero-order valence-electron chi connectivity index (χ0n) is 8.77. The molecule has 4 nitrogen and oxygen atoms in total. The molecule has 0 bridgehead atoms. The first-order valence-corrected chi connectivity index (χ1v) is 4.59. The Bertz CT molecular complexity index is 350. The highest BCUT2D eigenvalue weighted by Crippen LogP contribution is 2.16. The van der Waals surface area contributed by atoms with Crippen molar-refractivity contribution < 1.29 is 9.47 Å². The highest BCUT2D eigenvalue weighted by atomic mass is 16.5. The minimum Gasteiger partial charge on any atom is -0.473 e. The predicted octanol–water partition coefficient (Wildman–Crippen LogP) is 1.91. The molecule has 0 aliphatic heterocycles. The molecule has 1 aromatic rings. The first kappa shape index (κ1) is 11.2. The summed E-state index contributed by atoms with van der Waals surface area (Å²) < 4.78 is 10.5. The van der Waals surface area contributed by atoms with Crippen molar-refractivity contribution in [1.29, 1.82) is 0 Å². The number of aromatic nitrogens is 2. The minimum atomic E-state index is 0.291. The Morgan fingerprint density at radius 1 is 1.27 bits per heavy atom. The van der Waals surface area contributed by atoms with Gasteiger partial charge in [0.2, 0.25) is 5.88 Å². The Kier molecular flexibility index (Phi) is 4.34. The lowest BCUT2D eigenvalue weighted by Gasteiger charge is -2.07. The molecule has 0 radical (unpaired) electrons. The number of aryl methyl sites for hydroxylation is 1. The van der Waals surface area contributed by atoms with Gasteiger partial charge < -0.3 is 9.47 Å². The fraction of sp³-hybridized carbons (Fsp3) is 0.273. The van der Waals surface area contributed by atoms with E-state index in [1.807, 2.05) is 6.92 Å². The van der Waals surface area contributed by atoms with E-state index >= 15 is 0 Å². The summed E-state index contributed by atoms with van der Waals surface area (Å²) in [5.41, 5.74) is 0.864. The Morgan fingerprint density at radius 3 is 2.60 bits per heavy atom. The third-order valence-corrected chi connectivity index (χ3v) is 1.57. The minimum absolute atomic E-state index is 0.291. The van der Waals surface area contributed by atoms with Crippen molar-refractivity contribution in [3.8, 4) is 11.9 Å². The van der Waals surface area contributed by atoms with Crippen molar-refractivity contribution in [1.82, 2.24) is 9.97 Å². The molecular weight excluding hydrogens is 192 g/mol. The van der Waals surface area contributed by atoms with Crippen LogP contribution in [0, 0.1) is 6.92 Å². The van der Waals surface area contributed by atoms with Crippen LogP contribution in [-0.2, 0) is 0 Å². The monoisotopic (exact) mass is 206 g/mol. The molecule has 80 valence electrons. The van der Waals surface area contributed by atoms with Gasteiger partial charge in [-0.3, -0.25) is 0 Å². The van der Waals surface area contributed by atoms with Crippen molar-refractivity contribution in [2.24, 2.45) is 0 Å². The molecule has 0 aliphatic carbocycles. The maximum Gasteiger partial charge on any atom is 0.320 e. The highest BCUT2D eigenvalue weighted by Gasteiger charge is 2.04. The van der Waals surface area contributed by atoms with E-state index in [4.69, 9.17) is 9.47 Å². The summed E-state index contributed by atoms with van der Waals surface area (Å²) in [6, 6.07) is 0.291. The van der Waals surface area contributed by atoms with Gasteiger partial charge in [0.05, 0.1) is 0 Å². The molecule has 0 amide bonds. The van der Waals surface area contributed by atoms with Crippen molar-refractivity contribution in [2.75, 3.05) is 13.2 Å². The third kappa shape index (κ3) is 3.42. The zero-order chi connectivity index (χ0) is 11.1. The van der Waals surface area contributed by atoms with E-state index in [-0.39, 0.29) is 0 Å². The Morgan fingerprint density at radius 2 is 1.93 bits per heavy atom. The first-order chi connectivity index (χ1) is 7.27. The summed E-state index contributed by atoms with van der Waals surface area (Å²) in [7, 11) is 0.